The standard InChI is InChI=1S/C51H97NO3/c1-3-5-7-9-11-13-15-17-19-21-25-29-33-37-41-45-50(54)46-42-38-34-30-26-22-23-27-31-35-39-43-47-51(55)52-49(48-53)44-40-36-32-28-24-20-18-16-14-12-10-8-6-4-2/h11,13,17,19,49,53H,3-10,12,14-16,18,20-48H2,1-2H3,(H,52,55)/b13-11-,19-17-/t49-/m0/s1. The van der Waals surface area contributed by atoms with Gasteiger partial charge in [-0.1, -0.05) is 224 Å². The molecule has 0 saturated carbocycles. The zero-order valence-electron chi connectivity index (χ0n) is 37.3. The Balaban J connectivity index is 3.40. The van der Waals surface area contributed by atoms with E-state index in [9.17, 15) is 14.7 Å². The molecule has 0 heterocycles. The summed E-state index contributed by atoms with van der Waals surface area (Å²) < 4.78 is 0. The number of Topliss-reactive ketones (excluding diaryl/α,β-unsaturated/α-hetero) is 1. The first-order valence-electron chi connectivity index (χ1n) is 24.9. The zero-order valence-corrected chi connectivity index (χ0v) is 37.3. The van der Waals surface area contributed by atoms with Gasteiger partial charge in [-0.25, -0.2) is 0 Å². The van der Waals surface area contributed by atoms with Crippen molar-refractivity contribution in [2.45, 2.75) is 283 Å². The molecule has 0 aliphatic rings. The van der Waals surface area contributed by atoms with Crippen molar-refractivity contribution in [1.29, 1.82) is 0 Å². The van der Waals surface area contributed by atoms with Gasteiger partial charge < -0.3 is 10.4 Å². The summed E-state index contributed by atoms with van der Waals surface area (Å²) in [5.41, 5.74) is 0. The number of aliphatic hydroxyl groups is 1. The number of unbranched alkanes of at least 4 members (excludes halogenated alkanes) is 32. The quantitative estimate of drug-likeness (QED) is 0.0478. The lowest BCUT2D eigenvalue weighted by Gasteiger charge is -2.16. The van der Waals surface area contributed by atoms with Gasteiger partial charge in [0.25, 0.3) is 0 Å². The Labute approximate surface area is 344 Å². The summed E-state index contributed by atoms with van der Waals surface area (Å²) in [4.78, 5) is 24.6. The summed E-state index contributed by atoms with van der Waals surface area (Å²) in [7, 11) is 0. The van der Waals surface area contributed by atoms with Gasteiger partial charge in [0.05, 0.1) is 12.6 Å². The summed E-state index contributed by atoms with van der Waals surface area (Å²) in [5.74, 6) is 0.599. The lowest BCUT2D eigenvalue weighted by atomic mass is 10.0. The topological polar surface area (TPSA) is 66.4 Å². The first-order chi connectivity index (χ1) is 27.1. The molecule has 0 aliphatic heterocycles. The predicted octanol–water partition coefficient (Wildman–Crippen LogP) is 16.2. The highest BCUT2D eigenvalue weighted by atomic mass is 16.3. The maximum absolute atomic E-state index is 12.4. The van der Waals surface area contributed by atoms with E-state index < -0.39 is 0 Å². The van der Waals surface area contributed by atoms with Crippen LogP contribution in [0.25, 0.3) is 0 Å². The Morgan fingerprint density at radius 2 is 0.745 bits per heavy atom. The lowest BCUT2D eigenvalue weighted by Crippen LogP contribution is -2.37. The summed E-state index contributed by atoms with van der Waals surface area (Å²) in [6.45, 7) is 4.59. The molecular formula is C51H97NO3. The first kappa shape index (κ1) is 53.6. The molecule has 4 heteroatoms. The molecule has 0 aromatic carbocycles. The second kappa shape index (κ2) is 47.0. The average Bonchev–Trinajstić information content (AvgIpc) is 3.19. The number of carbonyl (C=O) groups excluding carboxylic acids is 2. The minimum Gasteiger partial charge on any atom is -0.394 e. The molecule has 0 spiro atoms. The van der Waals surface area contributed by atoms with Crippen molar-refractivity contribution in [3.05, 3.63) is 24.3 Å². The number of hydrogen-bond donors (Lipinski definition) is 2. The average molecular weight is 772 g/mol. The van der Waals surface area contributed by atoms with Crippen LogP contribution in [0.3, 0.4) is 0 Å². The minimum atomic E-state index is -0.0712. The molecule has 1 atom stereocenters. The molecule has 2 N–H and O–H groups in total. The monoisotopic (exact) mass is 772 g/mol. The molecule has 0 unspecified atom stereocenters. The number of aliphatic hydroxyl groups excluding tert-OH is 1. The number of nitrogens with one attached hydrogen (secondary N) is 1. The van der Waals surface area contributed by atoms with Crippen LogP contribution in [0.4, 0.5) is 0 Å². The summed E-state index contributed by atoms with van der Waals surface area (Å²) >= 11 is 0. The van der Waals surface area contributed by atoms with E-state index in [4.69, 9.17) is 0 Å². The fraction of sp³-hybridized carbons (Fsp3) is 0.882. The van der Waals surface area contributed by atoms with Crippen LogP contribution < -0.4 is 5.32 Å². The van der Waals surface area contributed by atoms with Gasteiger partial charge >= 0.3 is 0 Å². The molecule has 0 fully saturated rings. The molecule has 0 saturated heterocycles. The van der Waals surface area contributed by atoms with Crippen LogP contribution in [-0.2, 0) is 9.59 Å². The third-order valence-corrected chi connectivity index (χ3v) is 11.5. The van der Waals surface area contributed by atoms with Gasteiger partial charge in [0.2, 0.25) is 5.91 Å². The molecule has 1 amide bonds. The van der Waals surface area contributed by atoms with Gasteiger partial charge in [-0.2, -0.15) is 0 Å². The SMILES string of the molecule is CCCCC/C=C\C/C=C\CCCCCCCC(=O)CCCCCCCCCCCCCCC(=O)N[C@H](CO)CCCCCCCCCCCCCCCC. The van der Waals surface area contributed by atoms with Gasteiger partial charge in [-0.15, -0.1) is 0 Å². The molecular weight excluding hydrogens is 675 g/mol. The van der Waals surface area contributed by atoms with Crippen molar-refractivity contribution in [3.8, 4) is 0 Å². The molecule has 0 aromatic rings. The molecule has 0 radical (unpaired) electrons. The largest absolute Gasteiger partial charge is 0.394 e. The molecule has 324 valence electrons. The second-order valence-electron chi connectivity index (χ2n) is 17.1. The van der Waals surface area contributed by atoms with E-state index in [2.05, 4.69) is 43.5 Å². The Kier molecular flexibility index (Phi) is 45.7. The maximum atomic E-state index is 12.4. The van der Waals surface area contributed by atoms with Crippen molar-refractivity contribution >= 4 is 11.7 Å². The van der Waals surface area contributed by atoms with Crippen molar-refractivity contribution < 1.29 is 14.7 Å². The van der Waals surface area contributed by atoms with E-state index in [1.165, 1.54) is 199 Å². The van der Waals surface area contributed by atoms with E-state index >= 15 is 0 Å². The number of hydrogen-bond acceptors (Lipinski definition) is 3. The summed E-state index contributed by atoms with van der Waals surface area (Å²) in [6.07, 6.45) is 59.6. The van der Waals surface area contributed by atoms with E-state index in [-0.39, 0.29) is 18.6 Å². The fourth-order valence-electron chi connectivity index (χ4n) is 7.73. The van der Waals surface area contributed by atoms with E-state index in [0.717, 1.165) is 57.8 Å². The number of carbonyl (C=O) groups is 2. The Bertz CT molecular complexity index is 836. The van der Waals surface area contributed by atoms with Crippen LogP contribution in [-0.4, -0.2) is 29.4 Å². The number of rotatable bonds is 46. The molecule has 0 aliphatic carbocycles. The predicted molar refractivity (Wildman–Crippen MR) is 243 cm³/mol. The number of amides is 1. The van der Waals surface area contributed by atoms with Crippen LogP contribution in [0, 0.1) is 0 Å². The van der Waals surface area contributed by atoms with Gasteiger partial charge in [0.15, 0.2) is 0 Å². The highest BCUT2D eigenvalue weighted by molar-refractivity contribution is 5.78. The molecule has 0 rings (SSSR count). The van der Waals surface area contributed by atoms with E-state index in [1.54, 1.807) is 0 Å². The Morgan fingerprint density at radius 1 is 0.418 bits per heavy atom. The van der Waals surface area contributed by atoms with Crippen LogP contribution in [0.5, 0.6) is 0 Å². The molecule has 4 nitrogen and oxygen atoms in total. The molecule has 55 heavy (non-hydrogen) atoms. The van der Waals surface area contributed by atoms with Gasteiger partial charge in [-0.3, -0.25) is 9.59 Å². The van der Waals surface area contributed by atoms with Crippen LogP contribution in [0.15, 0.2) is 24.3 Å². The zero-order chi connectivity index (χ0) is 40.0. The third kappa shape index (κ3) is 45.2. The molecule has 0 bridgehead atoms. The van der Waals surface area contributed by atoms with Gasteiger partial charge in [0, 0.05) is 19.3 Å². The van der Waals surface area contributed by atoms with Crippen molar-refractivity contribution in [3.63, 3.8) is 0 Å². The summed E-state index contributed by atoms with van der Waals surface area (Å²) in [5, 5.41) is 12.8. The Morgan fingerprint density at radius 3 is 1.16 bits per heavy atom. The van der Waals surface area contributed by atoms with Crippen LogP contribution in [0.2, 0.25) is 0 Å². The normalized spacial score (nSPS) is 12.3. The minimum absolute atomic E-state index is 0.0566. The highest BCUT2D eigenvalue weighted by Crippen LogP contribution is 2.16. The van der Waals surface area contributed by atoms with Crippen molar-refractivity contribution in [1.82, 2.24) is 5.32 Å². The smallest absolute Gasteiger partial charge is 0.220 e. The summed E-state index contributed by atoms with van der Waals surface area (Å²) in [6, 6.07) is -0.0712. The van der Waals surface area contributed by atoms with Crippen LogP contribution in [0.1, 0.15) is 277 Å². The molecule has 0 aromatic heterocycles. The van der Waals surface area contributed by atoms with Crippen LogP contribution >= 0.6 is 0 Å². The van der Waals surface area contributed by atoms with Gasteiger partial charge in [0.1, 0.15) is 5.78 Å². The second-order valence-corrected chi connectivity index (χ2v) is 17.1. The maximum Gasteiger partial charge on any atom is 0.220 e. The fourth-order valence-corrected chi connectivity index (χ4v) is 7.73. The van der Waals surface area contributed by atoms with Crippen molar-refractivity contribution in [2.75, 3.05) is 6.61 Å². The number of allylic oxidation sites excluding steroid dienone is 4. The Hall–Kier alpha value is -1.42. The van der Waals surface area contributed by atoms with Crippen molar-refractivity contribution in [2.24, 2.45) is 0 Å². The third-order valence-electron chi connectivity index (χ3n) is 11.5. The first-order valence-corrected chi connectivity index (χ1v) is 24.9. The number of ketones is 1. The van der Waals surface area contributed by atoms with E-state index in [1.807, 2.05) is 0 Å². The lowest BCUT2D eigenvalue weighted by molar-refractivity contribution is -0.122. The highest BCUT2D eigenvalue weighted by Gasteiger charge is 2.11. The van der Waals surface area contributed by atoms with E-state index in [0.29, 0.717) is 12.2 Å². The van der Waals surface area contributed by atoms with Gasteiger partial charge in [-0.05, 0) is 57.8 Å².